The zero-order chi connectivity index (χ0) is 17.7. The molecular formula is C20H24N2O2S. The molecule has 132 valence electrons. The van der Waals surface area contributed by atoms with E-state index in [0.29, 0.717) is 11.3 Å². The topological polar surface area (TPSA) is 58.2 Å². The van der Waals surface area contributed by atoms with Crippen molar-refractivity contribution >= 4 is 10.0 Å². The molecule has 4 nitrogen and oxygen atoms in total. The second-order valence-electron chi connectivity index (χ2n) is 6.46. The van der Waals surface area contributed by atoms with Gasteiger partial charge in [-0.05, 0) is 37.5 Å². The predicted molar refractivity (Wildman–Crippen MR) is 101 cm³/mol. The van der Waals surface area contributed by atoms with Crippen LogP contribution in [0.5, 0.6) is 0 Å². The van der Waals surface area contributed by atoms with Crippen molar-refractivity contribution in [1.29, 1.82) is 0 Å². The molecule has 25 heavy (non-hydrogen) atoms. The number of aryl methyl sites for hydroxylation is 1. The number of hydrogen-bond acceptors (Lipinski definition) is 3. The summed E-state index contributed by atoms with van der Waals surface area (Å²) in [5.41, 5.74) is 2.24. The first-order valence-corrected chi connectivity index (χ1v) is 10.0. The maximum Gasteiger partial charge on any atom is 0.240 e. The van der Waals surface area contributed by atoms with Crippen LogP contribution < -0.4 is 10.0 Å². The fourth-order valence-electron chi connectivity index (χ4n) is 3.00. The molecular weight excluding hydrogens is 332 g/mol. The molecule has 5 heteroatoms. The van der Waals surface area contributed by atoms with Gasteiger partial charge in [0.15, 0.2) is 0 Å². The van der Waals surface area contributed by atoms with Crippen molar-refractivity contribution in [3.05, 3.63) is 77.9 Å². The molecule has 0 heterocycles. The van der Waals surface area contributed by atoms with Crippen molar-refractivity contribution in [3.63, 3.8) is 0 Å². The Morgan fingerprint density at radius 1 is 0.920 bits per heavy atom. The van der Waals surface area contributed by atoms with E-state index in [4.69, 9.17) is 0 Å². The van der Waals surface area contributed by atoms with Crippen molar-refractivity contribution in [2.45, 2.75) is 43.3 Å². The molecule has 0 saturated heterocycles. The highest BCUT2D eigenvalue weighted by molar-refractivity contribution is 7.89. The molecule has 2 aromatic carbocycles. The minimum Gasteiger partial charge on any atom is -0.308 e. The van der Waals surface area contributed by atoms with Gasteiger partial charge in [0, 0.05) is 18.6 Å². The Bertz CT molecular complexity index is 815. The van der Waals surface area contributed by atoms with Crippen LogP contribution in [0.25, 0.3) is 0 Å². The Labute approximate surface area is 150 Å². The summed E-state index contributed by atoms with van der Waals surface area (Å²) in [6, 6.07) is 17.0. The second-order valence-corrected chi connectivity index (χ2v) is 8.17. The molecule has 0 aromatic heterocycles. The number of hydrogen-bond donors (Lipinski definition) is 2. The summed E-state index contributed by atoms with van der Waals surface area (Å²) >= 11 is 0. The van der Waals surface area contributed by atoms with Crippen LogP contribution in [0.2, 0.25) is 0 Å². The van der Waals surface area contributed by atoms with Crippen LogP contribution in [-0.2, 0) is 16.6 Å². The van der Waals surface area contributed by atoms with Crippen molar-refractivity contribution in [1.82, 2.24) is 10.0 Å². The van der Waals surface area contributed by atoms with Crippen LogP contribution in [0, 0.1) is 6.92 Å². The summed E-state index contributed by atoms with van der Waals surface area (Å²) in [6.45, 7) is 2.67. The Kier molecular flexibility index (Phi) is 5.68. The molecule has 0 unspecified atom stereocenters. The lowest BCUT2D eigenvalue weighted by Crippen LogP contribution is -2.50. The molecule has 0 aliphatic heterocycles. The third-order valence-corrected chi connectivity index (χ3v) is 5.99. The molecule has 0 saturated carbocycles. The first-order chi connectivity index (χ1) is 12.0. The summed E-state index contributed by atoms with van der Waals surface area (Å²) in [6.07, 6.45) is 5.66. The molecule has 0 spiro atoms. The molecule has 2 N–H and O–H groups in total. The summed E-state index contributed by atoms with van der Waals surface area (Å²) in [7, 11) is -3.52. The minimum absolute atomic E-state index is 0.0745. The van der Waals surface area contributed by atoms with Gasteiger partial charge in [0.05, 0.1) is 4.90 Å². The average molecular weight is 356 g/mol. The van der Waals surface area contributed by atoms with Gasteiger partial charge in [-0.3, -0.25) is 0 Å². The summed E-state index contributed by atoms with van der Waals surface area (Å²) in [5.74, 6) is 0. The lowest BCUT2D eigenvalue weighted by atomic mass is 9.96. The number of nitrogens with one attached hydrogen (secondary N) is 2. The second kappa shape index (κ2) is 7.95. The van der Waals surface area contributed by atoms with Crippen molar-refractivity contribution in [2.24, 2.45) is 0 Å². The van der Waals surface area contributed by atoms with Gasteiger partial charge in [0.25, 0.3) is 0 Å². The van der Waals surface area contributed by atoms with Gasteiger partial charge in [-0.2, -0.15) is 0 Å². The Balaban J connectivity index is 1.68. The van der Waals surface area contributed by atoms with Crippen LogP contribution in [-0.4, -0.2) is 20.5 Å². The first-order valence-electron chi connectivity index (χ1n) is 8.56. The Morgan fingerprint density at radius 2 is 1.56 bits per heavy atom. The summed E-state index contributed by atoms with van der Waals surface area (Å²) in [5, 5.41) is 3.49. The molecule has 2 atom stereocenters. The van der Waals surface area contributed by atoms with Gasteiger partial charge in [0.1, 0.15) is 0 Å². The van der Waals surface area contributed by atoms with Crippen molar-refractivity contribution in [2.75, 3.05) is 0 Å². The van der Waals surface area contributed by atoms with Crippen molar-refractivity contribution in [3.8, 4) is 0 Å². The molecule has 2 aromatic rings. The third-order valence-electron chi connectivity index (χ3n) is 4.48. The Hall–Kier alpha value is -1.95. The van der Waals surface area contributed by atoms with Crippen LogP contribution >= 0.6 is 0 Å². The SMILES string of the molecule is Cc1ccc(S(=O)(=O)N[C@H]2CC=CC[C@@H]2NCc2ccccc2)cc1. The van der Waals surface area contributed by atoms with E-state index >= 15 is 0 Å². The van der Waals surface area contributed by atoms with E-state index in [1.54, 1.807) is 12.1 Å². The largest absolute Gasteiger partial charge is 0.308 e. The van der Waals surface area contributed by atoms with Crippen LogP contribution in [0.15, 0.2) is 71.6 Å². The van der Waals surface area contributed by atoms with E-state index in [-0.39, 0.29) is 12.1 Å². The van der Waals surface area contributed by atoms with Crippen LogP contribution in [0.3, 0.4) is 0 Å². The standard InChI is InChI=1S/C20H24N2O2S/c1-16-11-13-18(14-12-16)25(23,24)22-20-10-6-5-9-19(20)21-15-17-7-3-2-4-8-17/h2-8,11-14,19-22H,9-10,15H2,1H3/t19-,20-/m0/s1. The molecule has 0 radical (unpaired) electrons. The third kappa shape index (κ3) is 4.78. The van der Waals surface area contributed by atoms with E-state index in [0.717, 1.165) is 18.5 Å². The fourth-order valence-corrected chi connectivity index (χ4v) is 4.29. The van der Waals surface area contributed by atoms with Crippen molar-refractivity contribution < 1.29 is 8.42 Å². The maximum absolute atomic E-state index is 12.7. The van der Waals surface area contributed by atoms with Gasteiger partial charge in [-0.25, -0.2) is 13.1 Å². The molecule has 0 amide bonds. The summed E-state index contributed by atoms with van der Waals surface area (Å²) < 4.78 is 28.2. The van der Waals surface area contributed by atoms with Gasteiger partial charge < -0.3 is 5.32 Å². The van der Waals surface area contributed by atoms with Gasteiger partial charge in [-0.1, -0.05) is 60.2 Å². The average Bonchev–Trinajstić information content (AvgIpc) is 2.62. The fraction of sp³-hybridized carbons (Fsp3) is 0.300. The van der Waals surface area contributed by atoms with E-state index in [1.165, 1.54) is 5.56 Å². The van der Waals surface area contributed by atoms with E-state index in [9.17, 15) is 8.42 Å². The normalized spacial score (nSPS) is 20.5. The van der Waals surface area contributed by atoms with E-state index in [2.05, 4.69) is 28.2 Å². The molecule has 1 aliphatic carbocycles. The molecule has 3 rings (SSSR count). The molecule has 0 bridgehead atoms. The number of benzene rings is 2. The highest BCUT2D eigenvalue weighted by atomic mass is 32.2. The highest BCUT2D eigenvalue weighted by Crippen LogP contribution is 2.17. The molecule has 0 fully saturated rings. The number of rotatable bonds is 6. The van der Waals surface area contributed by atoms with E-state index < -0.39 is 10.0 Å². The minimum atomic E-state index is -3.52. The first kappa shape index (κ1) is 17.9. The van der Waals surface area contributed by atoms with Crippen LogP contribution in [0.4, 0.5) is 0 Å². The quantitative estimate of drug-likeness (QED) is 0.782. The Morgan fingerprint density at radius 3 is 2.24 bits per heavy atom. The highest BCUT2D eigenvalue weighted by Gasteiger charge is 2.27. The smallest absolute Gasteiger partial charge is 0.240 e. The van der Waals surface area contributed by atoms with Gasteiger partial charge in [0.2, 0.25) is 10.0 Å². The van der Waals surface area contributed by atoms with E-state index in [1.807, 2.05) is 43.3 Å². The maximum atomic E-state index is 12.7. The molecule has 1 aliphatic rings. The zero-order valence-electron chi connectivity index (χ0n) is 14.4. The van der Waals surface area contributed by atoms with Gasteiger partial charge in [-0.15, -0.1) is 0 Å². The summed E-state index contributed by atoms with van der Waals surface area (Å²) in [4.78, 5) is 0.314. The zero-order valence-corrected chi connectivity index (χ0v) is 15.2. The van der Waals surface area contributed by atoms with Gasteiger partial charge >= 0.3 is 0 Å². The lowest BCUT2D eigenvalue weighted by Gasteiger charge is -2.30. The monoisotopic (exact) mass is 356 g/mol. The number of sulfonamides is 1. The predicted octanol–water partition coefficient (Wildman–Crippen LogP) is 3.15. The van der Waals surface area contributed by atoms with Crippen LogP contribution in [0.1, 0.15) is 24.0 Å². The lowest BCUT2D eigenvalue weighted by molar-refractivity contribution is 0.393.